The average molecular weight is 248 g/mol. The van der Waals surface area contributed by atoms with Gasteiger partial charge in [0.05, 0.1) is 17.8 Å². The highest BCUT2D eigenvalue weighted by atomic mass is 16.5. The van der Waals surface area contributed by atoms with E-state index >= 15 is 0 Å². The first-order valence-corrected chi connectivity index (χ1v) is 6.50. The maximum Gasteiger partial charge on any atom is 0.249 e. The molecule has 98 valence electrons. The Hall–Kier alpha value is -1.42. The smallest absolute Gasteiger partial charge is 0.249 e. The summed E-state index contributed by atoms with van der Waals surface area (Å²) in [7, 11) is 0. The third kappa shape index (κ3) is 3.07. The van der Waals surface area contributed by atoms with Gasteiger partial charge in [0.1, 0.15) is 6.61 Å². The molecule has 0 aliphatic carbocycles. The van der Waals surface area contributed by atoms with Gasteiger partial charge in [0.2, 0.25) is 5.91 Å². The van der Waals surface area contributed by atoms with Gasteiger partial charge >= 0.3 is 0 Å². The molecule has 18 heavy (non-hydrogen) atoms. The van der Waals surface area contributed by atoms with E-state index in [0.29, 0.717) is 0 Å². The predicted molar refractivity (Wildman–Crippen MR) is 69.0 cm³/mol. The number of carbonyl (C=O) groups excluding carboxylic acids is 1. The number of hydrogen-bond acceptors (Lipinski definition) is 3. The molecule has 0 radical (unpaired) electrons. The number of likely N-dealkylation sites (tertiary alicyclic amines) is 1. The highest BCUT2D eigenvalue weighted by molar-refractivity contribution is 5.78. The first-order valence-electron chi connectivity index (χ1n) is 6.50. The lowest BCUT2D eigenvalue weighted by atomic mass is 10.1. The molecule has 4 nitrogen and oxygen atoms in total. The summed E-state index contributed by atoms with van der Waals surface area (Å²) in [5.74, 6) is 0.0665. The van der Waals surface area contributed by atoms with Crippen molar-refractivity contribution in [1.29, 1.82) is 0 Å². The first kappa shape index (κ1) is 13.0. The minimum absolute atomic E-state index is 0.0665. The van der Waals surface area contributed by atoms with E-state index in [4.69, 9.17) is 4.74 Å². The molecule has 1 aromatic rings. The van der Waals surface area contributed by atoms with Crippen LogP contribution in [0.4, 0.5) is 0 Å². The molecule has 1 saturated heterocycles. The van der Waals surface area contributed by atoms with Crippen molar-refractivity contribution in [1.82, 2.24) is 9.88 Å². The standard InChI is InChI=1S/C14H20N2O2/c1-11(2)18-10-14(17)16-9-5-7-13(16)12-6-3-4-8-15-12/h3-4,6,8,11,13H,5,7,9-10H2,1-2H3. The van der Waals surface area contributed by atoms with Crippen molar-refractivity contribution >= 4 is 5.91 Å². The number of ether oxygens (including phenoxy) is 1. The molecule has 1 fully saturated rings. The third-order valence-corrected chi connectivity index (χ3v) is 3.14. The minimum atomic E-state index is 0.0665. The maximum atomic E-state index is 12.1. The number of aromatic nitrogens is 1. The Morgan fingerprint density at radius 1 is 1.56 bits per heavy atom. The van der Waals surface area contributed by atoms with Gasteiger partial charge in [-0.05, 0) is 38.8 Å². The molecular formula is C14H20N2O2. The number of amides is 1. The monoisotopic (exact) mass is 248 g/mol. The number of carbonyl (C=O) groups is 1. The molecule has 1 atom stereocenters. The Balaban J connectivity index is 2.01. The Labute approximate surface area is 108 Å². The van der Waals surface area contributed by atoms with E-state index < -0.39 is 0 Å². The highest BCUT2D eigenvalue weighted by Crippen LogP contribution is 2.30. The second-order valence-corrected chi connectivity index (χ2v) is 4.86. The van der Waals surface area contributed by atoms with E-state index in [9.17, 15) is 4.79 Å². The van der Waals surface area contributed by atoms with Crippen molar-refractivity contribution in [2.24, 2.45) is 0 Å². The topological polar surface area (TPSA) is 42.4 Å². The van der Waals surface area contributed by atoms with Gasteiger partial charge in [-0.2, -0.15) is 0 Å². The minimum Gasteiger partial charge on any atom is -0.369 e. The molecular weight excluding hydrogens is 228 g/mol. The van der Waals surface area contributed by atoms with Crippen LogP contribution in [0.5, 0.6) is 0 Å². The molecule has 1 aliphatic heterocycles. The molecule has 2 heterocycles. The van der Waals surface area contributed by atoms with Crippen LogP contribution in [0.2, 0.25) is 0 Å². The van der Waals surface area contributed by atoms with Crippen molar-refractivity contribution in [3.63, 3.8) is 0 Å². The van der Waals surface area contributed by atoms with Crippen LogP contribution >= 0.6 is 0 Å². The molecule has 1 aliphatic rings. The van der Waals surface area contributed by atoms with Gasteiger partial charge in [-0.1, -0.05) is 6.07 Å². The molecule has 2 rings (SSSR count). The Bertz CT molecular complexity index is 392. The van der Waals surface area contributed by atoms with Gasteiger partial charge < -0.3 is 9.64 Å². The summed E-state index contributed by atoms with van der Waals surface area (Å²) in [5.41, 5.74) is 0.980. The molecule has 1 amide bonds. The van der Waals surface area contributed by atoms with Crippen LogP contribution in [0, 0.1) is 0 Å². The molecule has 0 aromatic carbocycles. The van der Waals surface area contributed by atoms with Crippen LogP contribution in [0.15, 0.2) is 24.4 Å². The molecule has 1 unspecified atom stereocenters. The van der Waals surface area contributed by atoms with Gasteiger partial charge in [-0.25, -0.2) is 0 Å². The molecule has 0 spiro atoms. The quantitative estimate of drug-likeness (QED) is 0.820. The van der Waals surface area contributed by atoms with Crippen LogP contribution in [0.25, 0.3) is 0 Å². The first-order chi connectivity index (χ1) is 8.68. The normalized spacial score (nSPS) is 19.5. The SMILES string of the molecule is CC(C)OCC(=O)N1CCCC1c1ccccn1. The van der Waals surface area contributed by atoms with E-state index in [0.717, 1.165) is 25.1 Å². The van der Waals surface area contributed by atoms with Crippen LogP contribution in [0.1, 0.15) is 38.4 Å². The van der Waals surface area contributed by atoms with Gasteiger partial charge in [-0.3, -0.25) is 9.78 Å². The second kappa shape index (κ2) is 5.96. The summed E-state index contributed by atoms with van der Waals surface area (Å²) in [6.45, 7) is 4.85. The van der Waals surface area contributed by atoms with E-state index in [1.165, 1.54) is 0 Å². The van der Waals surface area contributed by atoms with Gasteiger partial charge in [0.25, 0.3) is 0 Å². The van der Waals surface area contributed by atoms with E-state index in [-0.39, 0.29) is 24.7 Å². The fourth-order valence-electron chi connectivity index (χ4n) is 2.27. The van der Waals surface area contributed by atoms with Crippen molar-refractivity contribution < 1.29 is 9.53 Å². The highest BCUT2D eigenvalue weighted by Gasteiger charge is 2.30. The fraction of sp³-hybridized carbons (Fsp3) is 0.571. The zero-order valence-corrected chi connectivity index (χ0v) is 11.0. The summed E-state index contributed by atoms with van der Waals surface area (Å²) in [5, 5.41) is 0. The van der Waals surface area contributed by atoms with Gasteiger partial charge in [0.15, 0.2) is 0 Å². The van der Waals surface area contributed by atoms with E-state index in [1.807, 2.05) is 36.9 Å². The van der Waals surface area contributed by atoms with Gasteiger partial charge in [-0.15, -0.1) is 0 Å². The molecule has 0 bridgehead atoms. The summed E-state index contributed by atoms with van der Waals surface area (Å²) in [6, 6.07) is 5.97. The van der Waals surface area contributed by atoms with Crippen LogP contribution < -0.4 is 0 Å². The van der Waals surface area contributed by atoms with Crippen LogP contribution in [-0.4, -0.2) is 35.0 Å². The van der Waals surface area contributed by atoms with Crippen LogP contribution in [0.3, 0.4) is 0 Å². The predicted octanol–water partition coefficient (Wildman–Crippen LogP) is 2.17. The number of hydrogen-bond donors (Lipinski definition) is 0. The van der Waals surface area contributed by atoms with Crippen molar-refractivity contribution in [2.45, 2.75) is 38.8 Å². The Kier molecular flexibility index (Phi) is 4.31. The van der Waals surface area contributed by atoms with Gasteiger partial charge in [0, 0.05) is 12.7 Å². The largest absolute Gasteiger partial charge is 0.369 e. The van der Waals surface area contributed by atoms with Crippen molar-refractivity contribution in [3.8, 4) is 0 Å². The number of rotatable bonds is 4. The Morgan fingerprint density at radius 2 is 2.39 bits per heavy atom. The zero-order valence-electron chi connectivity index (χ0n) is 11.0. The van der Waals surface area contributed by atoms with E-state index in [2.05, 4.69) is 4.98 Å². The van der Waals surface area contributed by atoms with Crippen molar-refractivity contribution in [2.75, 3.05) is 13.2 Å². The lowest BCUT2D eigenvalue weighted by molar-refractivity contribution is -0.138. The number of nitrogens with zero attached hydrogens (tertiary/aromatic N) is 2. The maximum absolute atomic E-state index is 12.1. The second-order valence-electron chi connectivity index (χ2n) is 4.86. The number of pyridine rings is 1. The lowest BCUT2D eigenvalue weighted by Gasteiger charge is -2.24. The third-order valence-electron chi connectivity index (χ3n) is 3.14. The summed E-state index contributed by atoms with van der Waals surface area (Å²) in [6.07, 6.45) is 3.89. The summed E-state index contributed by atoms with van der Waals surface area (Å²) in [4.78, 5) is 18.4. The lowest BCUT2D eigenvalue weighted by Crippen LogP contribution is -2.34. The average Bonchev–Trinajstić information content (AvgIpc) is 2.86. The molecule has 1 aromatic heterocycles. The summed E-state index contributed by atoms with van der Waals surface area (Å²) < 4.78 is 5.39. The fourth-order valence-corrected chi connectivity index (χ4v) is 2.27. The Morgan fingerprint density at radius 3 is 3.06 bits per heavy atom. The summed E-state index contributed by atoms with van der Waals surface area (Å²) >= 11 is 0. The molecule has 0 N–H and O–H groups in total. The van der Waals surface area contributed by atoms with Crippen molar-refractivity contribution in [3.05, 3.63) is 30.1 Å². The van der Waals surface area contributed by atoms with E-state index in [1.54, 1.807) is 6.20 Å². The molecule has 4 heteroatoms. The zero-order chi connectivity index (χ0) is 13.0. The molecule has 0 saturated carbocycles. The van der Waals surface area contributed by atoms with Crippen LogP contribution in [-0.2, 0) is 9.53 Å².